The van der Waals surface area contributed by atoms with Crippen LogP contribution in [0, 0.1) is 3.57 Å². The first kappa shape index (κ1) is 11.6. The van der Waals surface area contributed by atoms with Gasteiger partial charge in [-0.3, -0.25) is 0 Å². The van der Waals surface area contributed by atoms with Crippen molar-refractivity contribution in [3.63, 3.8) is 0 Å². The second-order valence-electron chi connectivity index (χ2n) is 2.98. The molecular weight excluding hydrogens is 293 g/mol. The van der Waals surface area contributed by atoms with Gasteiger partial charge in [-0.1, -0.05) is 6.92 Å². The van der Waals surface area contributed by atoms with Gasteiger partial charge in [-0.25, -0.2) is 9.97 Å². The van der Waals surface area contributed by atoms with Gasteiger partial charge in [0.1, 0.15) is 12.1 Å². The highest BCUT2D eigenvalue weighted by Crippen LogP contribution is 2.15. The summed E-state index contributed by atoms with van der Waals surface area (Å²) >= 11 is 2.19. The molecule has 14 heavy (non-hydrogen) atoms. The average molecular weight is 307 g/mol. The predicted octanol–water partition coefficient (Wildman–Crippen LogP) is 1.65. The summed E-state index contributed by atoms with van der Waals surface area (Å²) in [5.74, 6) is 0.848. The van der Waals surface area contributed by atoms with Crippen LogP contribution in [0.2, 0.25) is 0 Å². The van der Waals surface area contributed by atoms with Crippen molar-refractivity contribution >= 4 is 28.4 Å². The zero-order chi connectivity index (χ0) is 10.4. The standard InChI is InChI=1S/C9H14IN3O/c1-2-7(3-4-14)13-9-8(10)5-11-6-12-9/h5-7,14H,2-4H2,1H3,(H,11,12,13). The maximum absolute atomic E-state index is 8.84. The lowest BCUT2D eigenvalue weighted by Gasteiger charge is -2.16. The van der Waals surface area contributed by atoms with E-state index in [4.69, 9.17) is 5.11 Å². The molecule has 1 heterocycles. The summed E-state index contributed by atoms with van der Waals surface area (Å²) in [6.07, 6.45) is 5.01. The number of rotatable bonds is 5. The third kappa shape index (κ3) is 3.38. The van der Waals surface area contributed by atoms with E-state index in [0.717, 1.165) is 22.2 Å². The van der Waals surface area contributed by atoms with E-state index in [1.165, 1.54) is 6.33 Å². The number of aromatic nitrogens is 2. The minimum atomic E-state index is 0.202. The maximum atomic E-state index is 8.84. The molecule has 78 valence electrons. The molecule has 0 aromatic carbocycles. The summed E-state index contributed by atoms with van der Waals surface area (Å²) in [6, 6.07) is 0.281. The maximum Gasteiger partial charge on any atom is 0.143 e. The van der Waals surface area contributed by atoms with Crippen molar-refractivity contribution in [1.29, 1.82) is 0 Å². The first-order chi connectivity index (χ1) is 6.77. The number of aliphatic hydroxyl groups is 1. The Bertz CT molecular complexity index is 283. The molecule has 2 N–H and O–H groups in total. The number of hydrogen-bond acceptors (Lipinski definition) is 4. The number of hydrogen-bond donors (Lipinski definition) is 2. The highest BCUT2D eigenvalue weighted by atomic mass is 127. The van der Waals surface area contributed by atoms with Crippen molar-refractivity contribution in [2.45, 2.75) is 25.8 Å². The Morgan fingerprint density at radius 3 is 3.00 bits per heavy atom. The van der Waals surface area contributed by atoms with E-state index in [-0.39, 0.29) is 12.6 Å². The third-order valence-corrected chi connectivity index (χ3v) is 2.77. The van der Waals surface area contributed by atoms with E-state index in [0.29, 0.717) is 0 Å². The quantitative estimate of drug-likeness (QED) is 0.812. The van der Waals surface area contributed by atoms with Gasteiger partial charge in [0.05, 0.1) is 3.57 Å². The Morgan fingerprint density at radius 1 is 1.64 bits per heavy atom. The molecule has 0 amide bonds. The lowest BCUT2D eigenvalue weighted by molar-refractivity contribution is 0.278. The van der Waals surface area contributed by atoms with Gasteiger partial charge in [0.15, 0.2) is 0 Å². The van der Waals surface area contributed by atoms with E-state index in [1.807, 2.05) is 0 Å². The van der Waals surface area contributed by atoms with Gasteiger partial charge in [-0.05, 0) is 35.4 Å². The van der Waals surface area contributed by atoms with Crippen LogP contribution in [0.4, 0.5) is 5.82 Å². The first-order valence-electron chi connectivity index (χ1n) is 4.60. The fourth-order valence-corrected chi connectivity index (χ4v) is 1.60. The Balaban J connectivity index is 2.62. The topological polar surface area (TPSA) is 58.0 Å². The highest BCUT2D eigenvalue weighted by Gasteiger charge is 2.07. The van der Waals surface area contributed by atoms with Crippen molar-refractivity contribution in [2.75, 3.05) is 11.9 Å². The van der Waals surface area contributed by atoms with E-state index in [9.17, 15) is 0 Å². The van der Waals surface area contributed by atoms with Crippen molar-refractivity contribution in [1.82, 2.24) is 9.97 Å². The molecule has 0 aliphatic heterocycles. The number of halogens is 1. The molecule has 0 aliphatic carbocycles. The number of anilines is 1. The van der Waals surface area contributed by atoms with Crippen LogP contribution in [0.3, 0.4) is 0 Å². The van der Waals surface area contributed by atoms with Crippen LogP contribution in [0.5, 0.6) is 0 Å². The van der Waals surface area contributed by atoms with Crippen LogP contribution in [-0.4, -0.2) is 27.7 Å². The second kappa shape index (κ2) is 6.13. The summed E-state index contributed by atoms with van der Waals surface area (Å²) in [4.78, 5) is 8.05. The molecule has 0 bridgehead atoms. The fourth-order valence-electron chi connectivity index (χ4n) is 1.15. The lowest BCUT2D eigenvalue weighted by atomic mass is 10.1. The Labute approximate surface area is 97.3 Å². The first-order valence-corrected chi connectivity index (χ1v) is 5.68. The molecule has 5 heteroatoms. The summed E-state index contributed by atoms with van der Waals surface area (Å²) < 4.78 is 1.00. The second-order valence-corrected chi connectivity index (χ2v) is 4.14. The normalized spacial score (nSPS) is 12.5. The molecule has 0 spiro atoms. The third-order valence-electron chi connectivity index (χ3n) is 1.98. The number of aliphatic hydroxyl groups excluding tert-OH is 1. The van der Waals surface area contributed by atoms with Gasteiger partial charge in [0.2, 0.25) is 0 Å². The summed E-state index contributed by atoms with van der Waals surface area (Å²) in [5.41, 5.74) is 0. The van der Waals surface area contributed by atoms with E-state index in [2.05, 4.69) is 44.8 Å². The molecule has 0 aliphatic rings. The van der Waals surface area contributed by atoms with Crippen LogP contribution in [0.1, 0.15) is 19.8 Å². The minimum Gasteiger partial charge on any atom is -0.396 e. The Morgan fingerprint density at radius 2 is 2.43 bits per heavy atom. The SMILES string of the molecule is CCC(CCO)Nc1ncncc1I. The van der Waals surface area contributed by atoms with Gasteiger partial charge in [-0.15, -0.1) is 0 Å². The molecule has 0 radical (unpaired) electrons. The number of nitrogens with zero attached hydrogens (tertiary/aromatic N) is 2. The van der Waals surface area contributed by atoms with Crippen LogP contribution >= 0.6 is 22.6 Å². The highest BCUT2D eigenvalue weighted by molar-refractivity contribution is 14.1. The lowest BCUT2D eigenvalue weighted by Crippen LogP contribution is -2.21. The zero-order valence-electron chi connectivity index (χ0n) is 8.07. The van der Waals surface area contributed by atoms with Crippen molar-refractivity contribution in [2.24, 2.45) is 0 Å². The van der Waals surface area contributed by atoms with E-state index >= 15 is 0 Å². The van der Waals surface area contributed by atoms with Crippen LogP contribution in [0.25, 0.3) is 0 Å². The van der Waals surface area contributed by atoms with Crippen LogP contribution in [-0.2, 0) is 0 Å². The van der Waals surface area contributed by atoms with Crippen LogP contribution in [0.15, 0.2) is 12.5 Å². The zero-order valence-corrected chi connectivity index (χ0v) is 10.2. The molecule has 1 aromatic heterocycles. The molecule has 0 saturated carbocycles. The predicted molar refractivity (Wildman–Crippen MR) is 64.2 cm³/mol. The largest absolute Gasteiger partial charge is 0.396 e. The molecule has 1 aromatic rings. The summed E-state index contributed by atoms with van der Waals surface area (Å²) in [5, 5.41) is 12.1. The van der Waals surface area contributed by atoms with Crippen molar-refractivity contribution in [3.8, 4) is 0 Å². The fraction of sp³-hybridized carbons (Fsp3) is 0.556. The van der Waals surface area contributed by atoms with Gasteiger partial charge in [-0.2, -0.15) is 0 Å². The van der Waals surface area contributed by atoms with Gasteiger partial charge >= 0.3 is 0 Å². The van der Waals surface area contributed by atoms with Crippen molar-refractivity contribution in [3.05, 3.63) is 16.1 Å². The molecule has 0 fully saturated rings. The molecule has 1 unspecified atom stereocenters. The molecule has 1 rings (SSSR count). The van der Waals surface area contributed by atoms with Crippen molar-refractivity contribution < 1.29 is 5.11 Å². The monoisotopic (exact) mass is 307 g/mol. The van der Waals surface area contributed by atoms with E-state index < -0.39 is 0 Å². The smallest absolute Gasteiger partial charge is 0.143 e. The molecule has 0 saturated heterocycles. The summed E-state index contributed by atoms with van der Waals surface area (Å²) in [7, 11) is 0. The minimum absolute atomic E-state index is 0.202. The van der Waals surface area contributed by atoms with Gasteiger partial charge in [0.25, 0.3) is 0 Å². The summed E-state index contributed by atoms with van der Waals surface area (Å²) in [6.45, 7) is 2.29. The van der Waals surface area contributed by atoms with E-state index in [1.54, 1.807) is 6.20 Å². The molecule has 4 nitrogen and oxygen atoms in total. The number of nitrogens with one attached hydrogen (secondary N) is 1. The Kier molecular flexibility index (Phi) is 5.10. The molecular formula is C9H14IN3O. The Hall–Kier alpha value is -0.430. The van der Waals surface area contributed by atoms with Crippen LogP contribution < -0.4 is 5.32 Å². The average Bonchev–Trinajstić information content (AvgIpc) is 2.20. The molecule has 1 atom stereocenters. The van der Waals surface area contributed by atoms with Gasteiger partial charge in [0, 0.05) is 18.8 Å². The van der Waals surface area contributed by atoms with Gasteiger partial charge < -0.3 is 10.4 Å².